The molecule has 0 aliphatic heterocycles. The normalized spacial score (nSPS) is 12.2. The van der Waals surface area contributed by atoms with Gasteiger partial charge in [-0.15, -0.1) is 0 Å². The zero-order valence-corrected chi connectivity index (χ0v) is 22.9. The number of benzene rings is 3. The Kier molecular flexibility index (Phi) is 9.09. The van der Waals surface area contributed by atoms with Crippen LogP contribution < -0.4 is 9.47 Å². The van der Waals surface area contributed by atoms with Crippen LogP contribution in [0.25, 0.3) is 21.9 Å². The van der Waals surface area contributed by atoms with E-state index in [-0.39, 0.29) is 22.8 Å². The molecule has 6 nitrogen and oxygen atoms in total. The van der Waals surface area contributed by atoms with E-state index in [1.807, 2.05) is 30.3 Å². The number of carbonyl (C=O) groups excluding carboxylic acids is 2. The Morgan fingerprint density at radius 3 is 1.67 bits per heavy atom. The molecule has 0 radical (unpaired) electrons. The van der Waals surface area contributed by atoms with E-state index in [4.69, 9.17) is 18.9 Å². The second kappa shape index (κ2) is 12.3. The van der Waals surface area contributed by atoms with Gasteiger partial charge in [-0.05, 0) is 93.8 Å². The van der Waals surface area contributed by atoms with Gasteiger partial charge in [-0.25, -0.2) is 14.0 Å². The predicted molar refractivity (Wildman–Crippen MR) is 149 cm³/mol. The molecule has 0 aliphatic carbocycles. The molecular formula is C32H31FO6. The molecule has 0 amide bonds. The van der Waals surface area contributed by atoms with Crippen LogP contribution >= 0.6 is 0 Å². The minimum absolute atomic E-state index is 0.0113. The predicted octanol–water partition coefficient (Wildman–Crippen LogP) is 8.14. The van der Waals surface area contributed by atoms with Crippen molar-refractivity contribution >= 4 is 22.7 Å². The fraction of sp³-hybridized carbons (Fsp3) is 0.188. The third-order valence-electron chi connectivity index (χ3n) is 5.79. The summed E-state index contributed by atoms with van der Waals surface area (Å²) in [7, 11) is 0. The Morgan fingerprint density at radius 1 is 0.615 bits per heavy atom. The summed E-state index contributed by atoms with van der Waals surface area (Å²) in [6, 6.07) is 16.0. The number of carbonyl (C=O) groups is 2. The lowest BCUT2D eigenvalue weighted by Gasteiger charge is -2.13. The van der Waals surface area contributed by atoms with Gasteiger partial charge < -0.3 is 18.9 Å². The fourth-order valence-corrected chi connectivity index (χ4v) is 3.31. The van der Waals surface area contributed by atoms with Crippen molar-refractivity contribution in [2.45, 2.75) is 41.5 Å². The van der Waals surface area contributed by atoms with Gasteiger partial charge in [0, 0.05) is 11.1 Å². The van der Waals surface area contributed by atoms with Gasteiger partial charge in [0.15, 0.2) is 11.6 Å². The van der Waals surface area contributed by atoms with Gasteiger partial charge >= 0.3 is 11.9 Å². The first-order chi connectivity index (χ1) is 18.3. The van der Waals surface area contributed by atoms with Crippen LogP contribution in [0.1, 0.15) is 41.5 Å². The van der Waals surface area contributed by atoms with Crippen LogP contribution in [-0.4, -0.2) is 11.9 Å². The van der Waals surface area contributed by atoms with Crippen molar-refractivity contribution in [1.29, 1.82) is 0 Å². The summed E-state index contributed by atoms with van der Waals surface area (Å²) >= 11 is 0. The average molecular weight is 531 g/mol. The molecule has 0 fully saturated rings. The van der Waals surface area contributed by atoms with Crippen molar-refractivity contribution in [3.8, 4) is 22.6 Å². The second-order valence-electron chi connectivity index (χ2n) is 9.14. The van der Waals surface area contributed by atoms with Crippen LogP contribution in [0.15, 0.2) is 102 Å². The number of esters is 2. The molecule has 0 saturated carbocycles. The average Bonchev–Trinajstić information content (AvgIpc) is 2.89. The fourth-order valence-electron chi connectivity index (χ4n) is 3.31. The number of halogens is 1. The van der Waals surface area contributed by atoms with Crippen molar-refractivity contribution < 1.29 is 32.9 Å². The Balaban J connectivity index is 1.78. The SMILES string of the molecule is C=C(C)C(=O)OC(C)=C(C)Oc1ccc2cc(-c3ccc(OC(C)=C(C)OC(=O)C(=C)C)c(F)c3)ccc2c1. The monoisotopic (exact) mass is 530 g/mol. The molecule has 0 N–H and O–H groups in total. The smallest absolute Gasteiger partial charge is 0.338 e. The summed E-state index contributed by atoms with van der Waals surface area (Å²) < 4.78 is 36.7. The van der Waals surface area contributed by atoms with Gasteiger partial charge in [0.25, 0.3) is 0 Å². The molecule has 3 rings (SSSR count). The molecule has 0 aromatic heterocycles. The topological polar surface area (TPSA) is 71.1 Å². The van der Waals surface area contributed by atoms with E-state index in [1.165, 1.54) is 19.1 Å². The maximum absolute atomic E-state index is 14.9. The minimum atomic E-state index is -0.577. The quantitative estimate of drug-likeness (QED) is 0.158. The molecule has 202 valence electrons. The van der Waals surface area contributed by atoms with E-state index in [2.05, 4.69) is 13.2 Å². The summed E-state index contributed by atoms with van der Waals surface area (Å²) in [6.07, 6.45) is 0. The van der Waals surface area contributed by atoms with E-state index >= 15 is 0 Å². The summed E-state index contributed by atoms with van der Waals surface area (Å²) in [5.41, 5.74) is 2.04. The van der Waals surface area contributed by atoms with E-state index < -0.39 is 17.8 Å². The molecule has 0 atom stereocenters. The van der Waals surface area contributed by atoms with E-state index in [9.17, 15) is 14.0 Å². The molecule has 0 spiro atoms. The van der Waals surface area contributed by atoms with Crippen LogP contribution in [0, 0.1) is 5.82 Å². The lowest BCUT2D eigenvalue weighted by atomic mass is 10.0. The van der Waals surface area contributed by atoms with Crippen LogP contribution in [0.4, 0.5) is 4.39 Å². The van der Waals surface area contributed by atoms with Gasteiger partial charge in [-0.2, -0.15) is 0 Å². The number of fused-ring (bicyclic) bond motifs is 1. The van der Waals surface area contributed by atoms with Crippen molar-refractivity contribution in [3.05, 3.63) is 108 Å². The summed E-state index contributed by atoms with van der Waals surface area (Å²) in [5.74, 6) is 0.229. The maximum Gasteiger partial charge on any atom is 0.338 e. The van der Waals surface area contributed by atoms with Crippen molar-refractivity contribution in [2.24, 2.45) is 0 Å². The number of allylic oxidation sites excluding steroid dienone is 4. The van der Waals surface area contributed by atoms with Crippen LogP contribution in [0.2, 0.25) is 0 Å². The highest BCUT2D eigenvalue weighted by Crippen LogP contribution is 2.31. The molecule has 39 heavy (non-hydrogen) atoms. The number of rotatable bonds is 9. The molecule has 0 bridgehead atoms. The Labute approximate surface area is 227 Å². The molecule has 0 saturated heterocycles. The standard InChI is InChI=1S/C32H31FO6/c1-18(2)31(34)38-22(7)20(5)36-28-13-11-25-15-24(9-10-26(25)16-28)27-12-14-30(29(33)17-27)37-21(6)23(8)39-32(35)19(3)4/h9-17H,1,3H2,2,4-8H3. The van der Waals surface area contributed by atoms with Gasteiger partial charge in [-0.1, -0.05) is 37.4 Å². The molecule has 7 heteroatoms. The summed E-state index contributed by atoms with van der Waals surface area (Å²) in [6.45, 7) is 16.7. The zero-order valence-electron chi connectivity index (χ0n) is 22.9. The zero-order chi connectivity index (χ0) is 28.9. The van der Waals surface area contributed by atoms with Gasteiger partial charge in [-0.3, -0.25) is 0 Å². The molecule has 3 aromatic rings. The number of hydrogen-bond acceptors (Lipinski definition) is 6. The second-order valence-corrected chi connectivity index (χ2v) is 9.14. The molecule has 3 aromatic carbocycles. The number of hydrogen-bond donors (Lipinski definition) is 0. The molecule has 0 unspecified atom stereocenters. The maximum atomic E-state index is 14.9. The molecule has 0 heterocycles. The van der Waals surface area contributed by atoms with Crippen LogP contribution in [0.5, 0.6) is 11.5 Å². The van der Waals surface area contributed by atoms with E-state index in [1.54, 1.807) is 46.8 Å². The first-order valence-corrected chi connectivity index (χ1v) is 12.2. The first-order valence-electron chi connectivity index (χ1n) is 12.2. The third-order valence-corrected chi connectivity index (χ3v) is 5.79. The Bertz CT molecular complexity index is 1540. The Morgan fingerprint density at radius 2 is 1.10 bits per heavy atom. The highest BCUT2D eigenvalue weighted by molar-refractivity contribution is 5.89. The molecule has 0 aliphatic rings. The number of ether oxygens (including phenoxy) is 4. The van der Waals surface area contributed by atoms with Crippen LogP contribution in [0.3, 0.4) is 0 Å². The van der Waals surface area contributed by atoms with Crippen molar-refractivity contribution in [3.63, 3.8) is 0 Å². The molecular weight excluding hydrogens is 499 g/mol. The lowest BCUT2D eigenvalue weighted by molar-refractivity contribution is -0.136. The highest BCUT2D eigenvalue weighted by atomic mass is 19.1. The van der Waals surface area contributed by atoms with Crippen molar-refractivity contribution in [1.82, 2.24) is 0 Å². The summed E-state index contributed by atoms with van der Waals surface area (Å²) in [4.78, 5) is 23.4. The third kappa shape index (κ3) is 7.45. The van der Waals surface area contributed by atoms with Gasteiger partial charge in [0.2, 0.25) is 0 Å². The van der Waals surface area contributed by atoms with Gasteiger partial charge in [0.1, 0.15) is 28.8 Å². The highest BCUT2D eigenvalue weighted by Gasteiger charge is 2.13. The Hall–Kier alpha value is -4.65. The van der Waals surface area contributed by atoms with Gasteiger partial charge in [0.05, 0.1) is 0 Å². The lowest BCUT2D eigenvalue weighted by Crippen LogP contribution is -2.07. The van der Waals surface area contributed by atoms with Crippen LogP contribution in [-0.2, 0) is 19.1 Å². The largest absolute Gasteiger partial charge is 0.458 e. The van der Waals surface area contributed by atoms with E-state index in [0.717, 1.165) is 16.3 Å². The van der Waals surface area contributed by atoms with E-state index in [0.29, 0.717) is 28.4 Å². The minimum Gasteiger partial charge on any atom is -0.458 e. The summed E-state index contributed by atoms with van der Waals surface area (Å²) in [5, 5.41) is 1.85. The first kappa shape index (κ1) is 28.9. The van der Waals surface area contributed by atoms with Crippen molar-refractivity contribution in [2.75, 3.05) is 0 Å².